The van der Waals surface area contributed by atoms with E-state index in [1.54, 1.807) is 13.3 Å². The Hall–Kier alpha value is -1.09. The Morgan fingerprint density at radius 2 is 2.31 bits per heavy atom. The molecule has 1 atom stereocenters. The average molecular weight is 221 g/mol. The lowest BCUT2D eigenvalue weighted by molar-refractivity contribution is 0.160. The second kappa shape index (κ2) is 5.30. The van der Waals surface area contributed by atoms with E-state index < -0.39 is 0 Å². The quantitative estimate of drug-likeness (QED) is 0.800. The second-order valence-corrected chi connectivity index (χ2v) is 4.59. The fourth-order valence-corrected chi connectivity index (χ4v) is 1.86. The van der Waals surface area contributed by atoms with Gasteiger partial charge in [-0.15, -0.1) is 0 Å². The maximum Gasteiger partial charge on any atom is 0.212 e. The largest absolute Gasteiger partial charge is 0.481 e. The van der Waals surface area contributed by atoms with Crippen molar-refractivity contribution in [3.63, 3.8) is 0 Å². The van der Waals surface area contributed by atoms with Crippen LogP contribution in [-0.2, 0) is 6.42 Å². The minimum Gasteiger partial charge on any atom is -0.481 e. The molecule has 1 aliphatic carbocycles. The topological polar surface area (TPSA) is 42.4 Å². The first-order valence-electron chi connectivity index (χ1n) is 5.95. The van der Waals surface area contributed by atoms with Crippen LogP contribution in [0.3, 0.4) is 0 Å². The first-order chi connectivity index (χ1) is 7.78. The molecule has 0 radical (unpaired) electrons. The Morgan fingerprint density at radius 1 is 1.50 bits per heavy atom. The highest BCUT2D eigenvalue weighted by Crippen LogP contribution is 2.34. The second-order valence-electron chi connectivity index (χ2n) is 4.59. The number of hydrogen-bond donors (Lipinski definition) is 1. The van der Waals surface area contributed by atoms with Crippen molar-refractivity contribution < 1.29 is 9.84 Å². The van der Waals surface area contributed by atoms with Gasteiger partial charge in [0.15, 0.2) is 0 Å². The fraction of sp³-hybridized carbons (Fsp3) is 0.615. The maximum atomic E-state index is 9.85. The highest BCUT2D eigenvalue weighted by Gasteiger charge is 2.21. The molecule has 3 heteroatoms. The van der Waals surface area contributed by atoms with Crippen molar-refractivity contribution in [3.8, 4) is 5.88 Å². The van der Waals surface area contributed by atoms with Gasteiger partial charge in [-0.25, -0.2) is 4.98 Å². The molecule has 0 saturated heterocycles. The average Bonchev–Trinajstić information content (AvgIpc) is 3.11. The van der Waals surface area contributed by atoms with Gasteiger partial charge in [-0.05, 0) is 30.7 Å². The third-order valence-corrected chi connectivity index (χ3v) is 3.08. The van der Waals surface area contributed by atoms with E-state index in [9.17, 15) is 5.11 Å². The van der Waals surface area contributed by atoms with Crippen molar-refractivity contribution >= 4 is 0 Å². The Bertz CT molecular complexity index is 319. The molecular formula is C13H19NO2. The summed E-state index contributed by atoms with van der Waals surface area (Å²) in [5, 5.41) is 9.85. The number of nitrogens with zero attached hydrogens (tertiary/aromatic N) is 1. The number of ether oxygens (including phenoxy) is 1. The third kappa shape index (κ3) is 3.49. The Kier molecular flexibility index (Phi) is 3.78. The van der Waals surface area contributed by atoms with Crippen LogP contribution in [0.15, 0.2) is 18.3 Å². The van der Waals surface area contributed by atoms with Crippen molar-refractivity contribution in [2.45, 2.75) is 38.2 Å². The van der Waals surface area contributed by atoms with Crippen molar-refractivity contribution in [1.82, 2.24) is 4.98 Å². The molecule has 2 rings (SSSR count). The van der Waals surface area contributed by atoms with Gasteiger partial charge in [-0.2, -0.15) is 0 Å². The zero-order chi connectivity index (χ0) is 11.4. The zero-order valence-electron chi connectivity index (χ0n) is 9.72. The smallest absolute Gasteiger partial charge is 0.212 e. The molecule has 16 heavy (non-hydrogen) atoms. The summed E-state index contributed by atoms with van der Waals surface area (Å²) in [4.78, 5) is 4.12. The number of hydrogen-bond acceptors (Lipinski definition) is 3. The van der Waals surface area contributed by atoms with Gasteiger partial charge in [0, 0.05) is 12.3 Å². The molecule has 1 fully saturated rings. The number of methoxy groups -OCH3 is 1. The standard InChI is InChI=1S/C13H19NO2/c1-16-13-7-5-11(9-14-13)8-12(15)6-4-10-2-3-10/h5,7,9-10,12,15H,2-4,6,8H2,1H3. The van der Waals surface area contributed by atoms with Gasteiger partial charge in [-0.3, -0.25) is 0 Å². The Labute approximate surface area is 96.5 Å². The number of aromatic nitrogens is 1. The molecule has 1 aromatic heterocycles. The van der Waals surface area contributed by atoms with E-state index in [0.29, 0.717) is 12.3 Å². The van der Waals surface area contributed by atoms with Crippen LogP contribution in [0.5, 0.6) is 5.88 Å². The highest BCUT2D eigenvalue weighted by atomic mass is 16.5. The van der Waals surface area contributed by atoms with Crippen LogP contribution in [0.4, 0.5) is 0 Å². The molecule has 0 bridgehead atoms. The molecule has 1 aliphatic rings. The van der Waals surface area contributed by atoms with E-state index in [4.69, 9.17) is 4.74 Å². The van der Waals surface area contributed by atoms with E-state index >= 15 is 0 Å². The van der Waals surface area contributed by atoms with Crippen LogP contribution in [0.2, 0.25) is 0 Å². The van der Waals surface area contributed by atoms with Gasteiger partial charge in [-0.1, -0.05) is 18.9 Å². The molecule has 1 N–H and O–H groups in total. The van der Waals surface area contributed by atoms with E-state index in [1.807, 2.05) is 12.1 Å². The molecule has 88 valence electrons. The summed E-state index contributed by atoms with van der Waals surface area (Å²) in [6, 6.07) is 3.80. The molecule has 0 aliphatic heterocycles. The van der Waals surface area contributed by atoms with Crippen LogP contribution in [0, 0.1) is 5.92 Å². The first kappa shape index (κ1) is 11.4. The minimum absolute atomic E-state index is 0.226. The lowest BCUT2D eigenvalue weighted by Gasteiger charge is -2.10. The van der Waals surface area contributed by atoms with Crippen molar-refractivity contribution in [2.24, 2.45) is 5.92 Å². The normalized spacial score (nSPS) is 17.1. The molecule has 0 amide bonds. The minimum atomic E-state index is -0.226. The zero-order valence-corrected chi connectivity index (χ0v) is 9.72. The predicted octanol–water partition coefficient (Wildman–Crippen LogP) is 2.18. The van der Waals surface area contributed by atoms with Crippen LogP contribution in [0.1, 0.15) is 31.2 Å². The summed E-state index contributed by atoms with van der Waals surface area (Å²) in [5.41, 5.74) is 1.07. The van der Waals surface area contributed by atoms with Crippen LogP contribution in [-0.4, -0.2) is 23.3 Å². The molecule has 0 spiro atoms. The Balaban J connectivity index is 1.77. The third-order valence-electron chi connectivity index (χ3n) is 3.08. The van der Waals surface area contributed by atoms with Crippen molar-refractivity contribution in [3.05, 3.63) is 23.9 Å². The lowest BCUT2D eigenvalue weighted by Crippen LogP contribution is -2.10. The SMILES string of the molecule is COc1ccc(CC(O)CCC2CC2)cn1. The number of aliphatic hydroxyl groups excluding tert-OH is 1. The molecule has 1 aromatic rings. The van der Waals surface area contributed by atoms with Crippen LogP contribution in [0.25, 0.3) is 0 Å². The fourth-order valence-electron chi connectivity index (χ4n) is 1.86. The van der Waals surface area contributed by atoms with E-state index in [0.717, 1.165) is 17.9 Å². The Morgan fingerprint density at radius 3 is 2.88 bits per heavy atom. The summed E-state index contributed by atoms with van der Waals surface area (Å²) in [7, 11) is 1.60. The van der Waals surface area contributed by atoms with Gasteiger partial charge in [0.05, 0.1) is 13.2 Å². The van der Waals surface area contributed by atoms with Crippen LogP contribution < -0.4 is 4.74 Å². The predicted molar refractivity (Wildman–Crippen MR) is 62.5 cm³/mol. The highest BCUT2D eigenvalue weighted by molar-refractivity contribution is 5.18. The molecule has 0 aromatic carbocycles. The van der Waals surface area contributed by atoms with Gasteiger partial charge in [0.25, 0.3) is 0 Å². The monoisotopic (exact) mass is 221 g/mol. The van der Waals surface area contributed by atoms with E-state index in [-0.39, 0.29) is 6.10 Å². The molecule has 3 nitrogen and oxygen atoms in total. The maximum absolute atomic E-state index is 9.85. The first-order valence-corrected chi connectivity index (χ1v) is 5.95. The summed E-state index contributed by atoms with van der Waals surface area (Å²) >= 11 is 0. The summed E-state index contributed by atoms with van der Waals surface area (Å²) in [6.07, 6.45) is 7.05. The van der Waals surface area contributed by atoms with E-state index in [2.05, 4.69) is 4.98 Å². The van der Waals surface area contributed by atoms with Gasteiger partial charge >= 0.3 is 0 Å². The summed E-state index contributed by atoms with van der Waals surface area (Å²) in [5.74, 6) is 1.51. The molecule has 1 unspecified atom stereocenters. The van der Waals surface area contributed by atoms with Crippen molar-refractivity contribution in [1.29, 1.82) is 0 Å². The van der Waals surface area contributed by atoms with Gasteiger partial charge < -0.3 is 9.84 Å². The van der Waals surface area contributed by atoms with Crippen LogP contribution >= 0.6 is 0 Å². The number of pyridine rings is 1. The molecule has 1 heterocycles. The van der Waals surface area contributed by atoms with Gasteiger partial charge in [0.2, 0.25) is 5.88 Å². The molecule has 1 saturated carbocycles. The lowest BCUT2D eigenvalue weighted by atomic mass is 10.0. The summed E-state index contributed by atoms with van der Waals surface area (Å²) < 4.78 is 4.99. The summed E-state index contributed by atoms with van der Waals surface area (Å²) in [6.45, 7) is 0. The number of rotatable bonds is 6. The van der Waals surface area contributed by atoms with E-state index in [1.165, 1.54) is 19.3 Å². The van der Waals surface area contributed by atoms with Gasteiger partial charge in [0.1, 0.15) is 0 Å². The number of aliphatic hydroxyl groups is 1. The van der Waals surface area contributed by atoms with Crippen molar-refractivity contribution in [2.75, 3.05) is 7.11 Å². The molecular weight excluding hydrogens is 202 g/mol.